The maximum absolute atomic E-state index is 10.2. The Morgan fingerprint density at radius 1 is 1.47 bits per heavy atom. The first-order valence-corrected chi connectivity index (χ1v) is 4.42. The smallest absolute Gasteiger partial charge is 0.274 e. The van der Waals surface area contributed by atoms with E-state index in [0.717, 1.165) is 17.5 Å². The number of aryl methyl sites for hydroxylation is 1. The van der Waals surface area contributed by atoms with Crippen molar-refractivity contribution in [2.75, 3.05) is 11.9 Å². The van der Waals surface area contributed by atoms with Crippen LogP contribution in [0.1, 0.15) is 5.56 Å². The van der Waals surface area contributed by atoms with E-state index in [-0.39, 0.29) is 5.82 Å². The van der Waals surface area contributed by atoms with Crippen molar-refractivity contribution in [1.29, 1.82) is 0 Å². The van der Waals surface area contributed by atoms with E-state index in [4.69, 9.17) is 5.73 Å². The predicted octanol–water partition coefficient (Wildman–Crippen LogP) is 1.47. The van der Waals surface area contributed by atoms with Crippen LogP contribution in [0.5, 0.6) is 0 Å². The lowest BCUT2D eigenvalue weighted by Gasteiger charge is -2.17. The van der Waals surface area contributed by atoms with Crippen molar-refractivity contribution in [3.8, 4) is 0 Å². The Hall–Kier alpha value is -2.04. The van der Waals surface area contributed by atoms with Gasteiger partial charge in [0.1, 0.15) is 0 Å². The van der Waals surface area contributed by atoms with Crippen LogP contribution in [-0.2, 0) is 0 Å². The van der Waals surface area contributed by atoms with Gasteiger partial charge in [0.25, 0.3) is 6.20 Å². The summed E-state index contributed by atoms with van der Waals surface area (Å²) in [5, 5.41) is 10.2. The highest BCUT2D eigenvalue weighted by Crippen LogP contribution is 2.15. The van der Waals surface area contributed by atoms with Gasteiger partial charge in [0, 0.05) is 12.7 Å². The fourth-order valence-corrected chi connectivity index (χ4v) is 1.11. The standard InChI is InChI=1S/C10H13N3O2/c1-8-3-5-9(6-4-8)12(2)10(11)7-13(14)15/h3-7H,11H2,1-2H3/b10-7+. The minimum Gasteiger partial charge on any atom is -0.380 e. The van der Waals surface area contributed by atoms with E-state index in [1.807, 2.05) is 31.2 Å². The lowest BCUT2D eigenvalue weighted by atomic mass is 10.2. The number of rotatable bonds is 3. The van der Waals surface area contributed by atoms with E-state index < -0.39 is 4.92 Å². The molecule has 0 spiro atoms. The van der Waals surface area contributed by atoms with E-state index in [1.54, 1.807) is 11.9 Å². The number of nitrogens with two attached hydrogens (primary N) is 1. The van der Waals surface area contributed by atoms with Crippen LogP contribution in [0.15, 0.2) is 36.3 Å². The van der Waals surface area contributed by atoms with E-state index in [1.165, 1.54) is 0 Å². The zero-order valence-electron chi connectivity index (χ0n) is 8.68. The molecule has 80 valence electrons. The molecule has 2 N–H and O–H groups in total. The van der Waals surface area contributed by atoms with Gasteiger partial charge in [-0.3, -0.25) is 10.1 Å². The summed E-state index contributed by atoms with van der Waals surface area (Å²) in [5.74, 6) is 0.101. The number of nitro groups is 1. The largest absolute Gasteiger partial charge is 0.380 e. The summed E-state index contributed by atoms with van der Waals surface area (Å²) >= 11 is 0. The molecule has 0 amide bonds. The van der Waals surface area contributed by atoms with Gasteiger partial charge >= 0.3 is 0 Å². The van der Waals surface area contributed by atoms with E-state index in [0.29, 0.717) is 0 Å². The second-order valence-electron chi connectivity index (χ2n) is 3.23. The second-order valence-corrected chi connectivity index (χ2v) is 3.23. The Labute approximate surface area is 88.0 Å². The van der Waals surface area contributed by atoms with Crippen LogP contribution in [0.25, 0.3) is 0 Å². The van der Waals surface area contributed by atoms with Crippen LogP contribution in [0, 0.1) is 17.0 Å². The Balaban J connectivity index is 2.89. The van der Waals surface area contributed by atoms with E-state index >= 15 is 0 Å². The fourth-order valence-electron chi connectivity index (χ4n) is 1.11. The first kappa shape index (κ1) is 11.0. The molecule has 1 rings (SSSR count). The fraction of sp³-hybridized carbons (Fsp3) is 0.200. The highest BCUT2D eigenvalue weighted by Gasteiger charge is 2.06. The van der Waals surface area contributed by atoms with Crippen LogP contribution in [0.4, 0.5) is 5.69 Å². The average Bonchev–Trinajstić information content (AvgIpc) is 2.17. The number of benzene rings is 1. The van der Waals surface area contributed by atoms with Gasteiger partial charge in [-0.2, -0.15) is 0 Å². The monoisotopic (exact) mass is 207 g/mol. The van der Waals surface area contributed by atoms with Gasteiger partial charge in [0.15, 0.2) is 5.82 Å². The number of hydrogen-bond acceptors (Lipinski definition) is 4. The van der Waals surface area contributed by atoms with Crippen molar-refractivity contribution in [3.05, 3.63) is 52.0 Å². The molecule has 0 unspecified atom stereocenters. The molecule has 0 atom stereocenters. The molecule has 1 aromatic rings. The zero-order chi connectivity index (χ0) is 11.4. The molecule has 0 saturated heterocycles. The topological polar surface area (TPSA) is 72.4 Å². The molecular weight excluding hydrogens is 194 g/mol. The maximum atomic E-state index is 10.2. The van der Waals surface area contributed by atoms with E-state index in [9.17, 15) is 10.1 Å². The first-order chi connectivity index (χ1) is 7.00. The molecule has 0 radical (unpaired) electrons. The Morgan fingerprint density at radius 3 is 2.47 bits per heavy atom. The minimum absolute atomic E-state index is 0.101. The van der Waals surface area contributed by atoms with Gasteiger partial charge in [-0.1, -0.05) is 17.7 Å². The average molecular weight is 207 g/mol. The number of nitrogens with zero attached hydrogens (tertiary/aromatic N) is 2. The van der Waals surface area contributed by atoms with Crippen molar-refractivity contribution in [3.63, 3.8) is 0 Å². The summed E-state index contributed by atoms with van der Waals surface area (Å²) < 4.78 is 0. The molecule has 5 heteroatoms. The molecule has 0 aliphatic rings. The summed E-state index contributed by atoms with van der Waals surface area (Å²) in [7, 11) is 1.68. The summed E-state index contributed by atoms with van der Waals surface area (Å²) in [5.41, 5.74) is 7.48. The minimum atomic E-state index is -0.569. The second kappa shape index (κ2) is 4.45. The third-order valence-electron chi connectivity index (χ3n) is 2.05. The Kier molecular flexibility index (Phi) is 3.28. The number of hydrogen-bond donors (Lipinski definition) is 1. The lowest BCUT2D eigenvalue weighted by Crippen LogP contribution is -2.23. The summed E-state index contributed by atoms with van der Waals surface area (Å²) in [4.78, 5) is 11.2. The molecule has 5 nitrogen and oxygen atoms in total. The normalized spacial score (nSPS) is 11.2. The summed E-state index contributed by atoms with van der Waals surface area (Å²) in [6.07, 6.45) is 0.778. The van der Waals surface area contributed by atoms with Gasteiger partial charge in [-0.25, -0.2) is 0 Å². The van der Waals surface area contributed by atoms with Crippen molar-refractivity contribution in [2.24, 2.45) is 5.73 Å². The molecule has 0 aromatic heterocycles. The lowest BCUT2D eigenvalue weighted by molar-refractivity contribution is -0.403. The summed E-state index contributed by atoms with van der Waals surface area (Å²) in [6, 6.07) is 7.56. The number of anilines is 1. The highest BCUT2D eigenvalue weighted by atomic mass is 16.6. The highest BCUT2D eigenvalue weighted by molar-refractivity contribution is 5.50. The van der Waals surface area contributed by atoms with Gasteiger partial charge < -0.3 is 10.6 Å². The molecule has 0 bridgehead atoms. The van der Waals surface area contributed by atoms with Crippen LogP contribution in [0.3, 0.4) is 0 Å². The van der Waals surface area contributed by atoms with Crippen LogP contribution < -0.4 is 10.6 Å². The van der Waals surface area contributed by atoms with E-state index in [2.05, 4.69) is 0 Å². The Bertz CT molecular complexity index is 384. The first-order valence-electron chi connectivity index (χ1n) is 4.42. The molecule has 0 heterocycles. The van der Waals surface area contributed by atoms with Crippen molar-refractivity contribution in [1.82, 2.24) is 0 Å². The maximum Gasteiger partial charge on any atom is 0.274 e. The van der Waals surface area contributed by atoms with Gasteiger partial charge in [0.2, 0.25) is 0 Å². The molecule has 1 aromatic carbocycles. The van der Waals surface area contributed by atoms with Crippen LogP contribution in [0.2, 0.25) is 0 Å². The zero-order valence-corrected chi connectivity index (χ0v) is 8.68. The summed E-state index contributed by atoms with van der Waals surface area (Å²) in [6.45, 7) is 1.97. The molecule has 0 saturated carbocycles. The third kappa shape index (κ3) is 2.98. The SMILES string of the molecule is Cc1ccc(N(C)/C(N)=C/[N+](=O)[O-])cc1. The molecule has 0 fully saturated rings. The Morgan fingerprint density at radius 2 is 2.00 bits per heavy atom. The van der Waals surface area contributed by atoms with Gasteiger partial charge in [-0.15, -0.1) is 0 Å². The molecule has 0 aliphatic heterocycles. The quantitative estimate of drug-likeness (QED) is 0.601. The van der Waals surface area contributed by atoms with Gasteiger partial charge in [0.05, 0.1) is 4.92 Å². The van der Waals surface area contributed by atoms with Crippen molar-refractivity contribution >= 4 is 5.69 Å². The van der Waals surface area contributed by atoms with Crippen LogP contribution in [-0.4, -0.2) is 12.0 Å². The molecule has 15 heavy (non-hydrogen) atoms. The third-order valence-corrected chi connectivity index (χ3v) is 2.05. The predicted molar refractivity (Wildman–Crippen MR) is 58.8 cm³/mol. The van der Waals surface area contributed by atoms with Crippen LogP contribution >= 0.6 is 0 Å². The molecular formula is C10H13N3O2. The molecule has 0 aliphatic carbocycles. The van der Waals surface area contributed by atoms with Gasteiger partial charge in [-0.05, 0) is 19.1 Å². The van der Waals surface area contributed by atoms with Crippen molar-refractivity contribution in [2.45, 2.75) is 6.92 Å². The van der Waals surface area contributed by atoms with Crippen molar-refractivity contribution < 1.29 is 4.92 Å².